The molecular weight excluding hydrogens is 407 g/mol. The Labute approximate surface area is 171 Å². The minimum Gasteiger partial charge on any atom is -0.352 e. The average molecular weight is 426 g/mol. The fraction of sp³-hybridized carbons (Fsp3) is 0.368. The van der Waals surface area contributed by atoms with Gasteiger partial charge in [-0.05, 0) is 30.5 Å². The van der Waals surface area contributed by atoms with Crippen LogP contribution in [0.15, 0.2) is 24.4 Å². The Kier molecular flexibility index (Phi) is 7.40. The molecule has 1 amide bonds. The van der Waals surface area contributed by atoms with Crippen molar-refractivity contribution in [2.45, 2.75) is 32.9 Å². The number of anilines is 2. The Bertz CT molecular complexity index is 927. The Balaban J connectivity index is 2.26. The molecule has 1 aromatic heterocycles. The number of benzene rings is 1. The number of amides is 1. The van der Waals surface area contributed by atoms with Crippen LogP contribution in [0.1, 0.15) is 48.3 Å². The maximum atomic E-state index is 13.5. The number of carbonyl (C=O) groups is 1. The van der Waals surface area contributed by atoms with Gasteiger partial charge in [-0.25, -0.2) is 9.97 Å². The van der Waals surface area contributed by atoms with Gasteiger partial charge in [0.25, 0.3) is 5.91 Å². The Morgan fingerprint density at radius 1 is 1.38 bits per heavy atom. The minimum absolute atomic E-state index is 0.130. The van der Waals surface area contributed by atoms with E-state index in [1.54, 1.807) is 0 Å². The average Bonchev–Trinajstić information content (AvgIpc) is 2.66. The summed E-state index contributed by atoms with van der Waals surface area (Å²) in [6.07, 6.45) is -2.25. The number of alkyl halides is 3. The number of nitrogens with one attached hydrogen (secondary N) is 2. The van der Waals surface area contributed by atoms with Gasteiger partial charge >= 0.3 is 6.18 Å². The highest BCUT2D eigenvalue weighted by Gasteiger charge is 2.38. The summed E-state index contributed by atoms with van der Waals surface area (Å²) in [6.45, 7) is 4.15. The van der Waals surface area contributed by atoms with Crippen LogP contribution in [0.4, 0.5) is 24.8 Å². The van der Waals surface area contributed by atoms with Crippen LogP contribution in [0.5, 0.6) is 0 Å². The summed E-state index contributed by atoms with van der Waals surface area (Å²) in [5, 5.41) is 14.1. The van der Waals surface area contributed by atoms with E-state index in [4.69, 9.17) is 16.9 Å². The van der Waals surface area contributed by atoms with Crippen molar-refractivity contribution < 1.29 is 18.0 Å². The second-order valence-corrected chi connectivity index (χ2v) is 6.90. The van der Waals surface area contributed by atoms with E-state index >= 15 is 0 Å². The monoisotopic (exact) mass is 425 g/mol. The lowest BCUT2D eigenvalue weighted by atomic mass is 10.1. The number of rotatable bonds is 7. The van der Waals surface area contributed by atoms with Crippen molar-refractivity contribution in [1.29, 1.82) is 5.26 Å². The minimum atomic E-state index is -4.84. The first-order valence-electron chi connectivity index (χ1n) is 8.84. The molecule has 0 aliphatic heterocycles. The molecule has 2 N–H and O–H groups in total. The summed E-state index contributed by atoms with van der Waals surface area (Å²) in [5.74, 6) is -1.09. The van der Waals surface area contributed by atoms with E-state index in [0.29, 0.717) is 5.69 Å². The van der Waals surface area contributed by atoms with Crippen LogP contribution >= 0.6 is 11.6 Å². The van der Waals surface area contributed by atoms with E-state index < -0.39 is 23.3 Å². The van der Waals surface area contributed by atoms with Gasteiger partial charge in [-0.3, -0.25) is 4.79 Å². The molecule has 0 spiro atoms. The molecule has 1 heterocycles. The fourth-order valence-corrected chi connectivity index (χ4v) is 2.82. The highest BCUT2D eigenvalue weighted by molar-refractivity contribution is 6.32. The standard InChI is InChI=1S/C19H19ClF3N5O/c1-3-4-11(2)9-25-17(29)14-10-26-18(28-16(14)19(21,22)23)27-13-6-5-12(8-24)15(20)7-13/h5-7,10-11H,3-4,9H2,1-2H3,(H,25,29)(H,26,27,28). The van der Waals surface area contributed by atoms with Crippen molar-refractivity contribution in [3.63, 3.8) is 0 Å². The molecule has 1 unspecified atom stereocenters. The molecule has 0 saturated heterocycles. The normalized spacial score (nSPS) is 12.2. The highest BCUT2D eigenvalue weighted by atomic mass is 35.5. The number of nitriles is 1. The molecule has 10 heteroatoms. The van der Waals surface area contributed by atoms with Gasteiger partial charge in [-0.2, -0.15) is 18.4 Å². The zero-order valence-electron chi connectivity index (χ0n) is 15.8. The molecule has 2 aromatic rings. The molecule has 0 saturated carbocycles. The van der Waals surface area contributed by atoms with Gasteiger partial charge in [0.05, 0.1) is 16.1 Å². The van der Waals surface area contributed by atoms with Crippen molar-refractivity contribution in [2.24, 2.45) is 5.92 Å². The number of nitrogens with zero attached hydrogens (tertiary/aromatic N) is 3. The molecular formula is C19H19ClF3N5O. The summed E-state index contributed by atoms with van der Waals surface area (Å²) >= 11 is 5.91. The lowest BCUT2D eigenvalue weighted by molar-refractivity contribution is -0.141. The van der Waals surface area contributed by atoms with Gasteiger partial charge in [0.1, 0.15) is 6.07 Å². The van der Waals surface area contributed by atoms with Crippen molar-refractivity contribution >= 4 is 29.1 Å². The summed E-state index contributed by atoms with van der Waals surface area (Å²) in [5.41, 5.74) is -1.47. The van der Waals surface area contributed by atoms with Gasteiger partial charge < -0.3 is 10.6 Å². The number of hydrogen-bond donors (Lipinski definition) is 2. The first-order valence-corrected chi connectivity index (χ1v) is 9.22. The predicted molar refractivity (Wildman–Crippen MR) is 103 cm³/mol. The summed E-state index contributed by atoms with van der Waals surface area (Å²) in [7, 11) is 0. The van der Waals surface area contributed by atoms with Gasteiger partial charge in [0, 0.05) is 18.4 Å². The van der Waals surface area contributed by atoms with Crippen LogP contribution in [-0.2, 0) is 6.18 Å². The van der Waals surface area contributed by atoms with Gasteiger partial charge in [-0.1, -0.05) is 31.9 Å². The van der Waals surface area contributed by atoms with E-state index in [9.17, 15) is 18.0 Å². The smallest absolute Gasteiger partial charge is 0.352 e. The van der Waals surface area contributed by atoms with E-state index in [1.807, 2.05) is 19.9 Å². The Hall–Kier alpha value is -2.86. The van der Waals surface area contributed by atoms with Crippen LogP contribution in [0.2, 0.25) is 5.02 Å². The van der Waals surface area contributed by atoms with Crippen molar-refractivity contribution in [2.75, 3.05) is 11.9 Å². The van der Waals surface area contributed by atoms with E-state index in [1.165, 1.54) is 18.2 Å². The molecule has 2 rings (SSSR count). The second-order valence-electron chi connectivity index (χ2n) is 6.49. The van der Waals surface area contributed by atoms with Gasteiger partial charge in [0.2, 0.25) is 5.95 Å². The lowest BCUT2D eigenvalue weighted by Crippen LogP contribution is -2.31. The molecule has 6 nitrogen and oxygen atoms in total. The maximum absolute atomic E-state index is 13.5. The second kappa shape index (κ2) is 9.56. The molecule has 0 aliphatic carbocycles. The topological polar surface area (TPSA) is 90.7 Å². The Morgan fingerprint density at radius 2 is 2.10 bits per heavy atom. The van der Waals surface area contributed by atoms with E-state index in [-0.39, 0.29) is 29.0 Å². The number of aromatic nitrogens is 2. The van der Waals surface area contributed by atoms with Gasteiger partial charge in [-0.15, -0.1) is 0 Å². The van der Waals surface area contributed by atoms with Gasteiger partial charge in [0.15, 0.2) is 5.69 Å². The SMILES string of the molecule is CCCC(C)CNC(=O)c1cnc(Nc2ccc(C#N)c(Cl)c2)nc1C(F)(F)F. The summed E-state index contributed by atoms with van der Waals surface area (Å²) in [6, 6.07) is 6.11. The van der Waals surface area contributed by atoms with Crippen molar-refractivity contribution in [3.05, 3.63) is 46.2 Å². The molecule has 0 bridgehead atoms. The van der Waals surface area contributed by atoms with Crippen molar-refractivity contribution in [3.8, 4) is 6.07 Å². The predicted octanol–water partition coefficient (Wildman–Crippen LogP) is 4.93. The molecule has 1 atom stereocenters. The van der Waals surface area contributed by atoms with E-state index in [2.05, 4.69) is 20.6 Å². The van der Waals surface area contributed by atoms with E-state index in [0.717, 1.165) is 19.0 Å². The maximum Gasteiger partial charge on any atom is 0.434 e. The van der Waals surface area contributed by atoms with Crippen LogP contribution in [0.25, 0.3) is 0 Å². The Morgan fingerprint density at radius 3 is 2.69 bits per heavy atom. The molecule has 0 radical (unpaired) electrons. The van der Waals surface area contributed by atoms with Crippen molar-refractivity contribution in [1.82, 2.24) is 15.3 Å². The third-order valence-corrected chi connectivity index (χ3v) is 4.35. The first-order chi connectivity index (χ1) is 13.7. The quantitative estimate of drug-likeness (QED) is 0.656. The van der Waals surface area contributed by atoms with Crippen LogP contribution in [0.3, 0.4) is 0 Å². The zero-order chi connectivity index (χ0) is 21.6. The third-order valence-electron chi connectivity index (χ3n) is 4.04. The first kappa shape index (κ1) is 22.4. The summed E-state index contributed by atoms with van der Waals surface area (Å²) < 4.78 is 40.4. The molecule has 0 fully saturated rings. The lowest BCUT2D eigenvalue weighted by Gasteiger charge is -2.15. The largest absolute Gasteiger partial charge is 0.434 e. The molecule has 29 heavy (non-hydrogen) atoms. The summed E-state index contributed by atoms with van der Waals surface area (Å²) in [4.78, 5) is 19.5. The zero-order valence-corrected chi connectivity index (χ0v) is 16.5. The van der Waals surface area contributed by atoms with Crippen LogP contribution in [-0.4, -0.2) is 22.4 Å². The third kappa shape index (κ3) is 6.06. The van der Waals surface area contributed by atoms with Crippen LogP contribution < -0.4 is 10.6 Å². The van der Waals surface area contributed by atoms with Crippen LogP contribution in [0, 0.1) is 17.2 Å². The molecule has 1 aromatic carbocycles. The molecule has 154 valence electrons. The number of hydrogen-bond acceptors (Lipinski definition) is 5. The highest BCUT2D eigenvalue weighted by Crippen LogP contribution is 2.31. The number of halogens is 4. The fourth-order valence-electron chi connectivity index (χ4n) is 2.59. The molecule has 0 aliphatic rings. The number of carbonyl (C=O) groups excluding carboxylic acids is 1.